The molecule has 6 nitrogen and oxygen atoms in total. The number of thiophene rings is 1. The molecule has 129 heavy (non-hydrogen) atoms. The Kier molecular flexibility index (Phi) is 16.0. The van der Waals surface area contributed by atoms with Gasteiger partial charge in [0.1, 0.15) is 16.9 Å². The summed E-state index contributed by atoms with van der Waals surface area (Å²) in [5, 5.41) is 26.1. The molecule has 600 valence electrons. The first kappa shape index (κ1) is 73.0. The van der Waals surface area contributed by atoms with Crippen LogP contribution in [0.4, 0.5) is 0 Å². The van der Waals surface area contributed by atoms with Crippen LogP contribution in [0.25, 0.3) is 256 Å². The van der Waals surface area contributed by atoms with Gasteiger partial charge in [-0.2, -0.15) is 0 Å². The van der Waals surface area contributed by atoms with E-state index in [9.17, 15) is 0 Å². The molecule has 1 aliphatic rings. The lowest BCUT2D eigenvalue weighted by Gasteiger charge is -2.22. The van der Waals surface area contributed by atoms with E-state index >= 15 is 0 Å². The first-order chi connectivity index (χ1) is 63.7. The Balaban J connectivity index is 0.0000001000. The van der Waals surface area contributed by atoms with Gasteiger partial charge >= 0.3 is 0 Å². The van der Waals surface area contributed by atoms with E-state index in [1.54, 1.807) is 0 Å². The van der Waals surface area contributed by atoms with Crippen molar-refractivity contribution >= 4 is 200 Å². The number of hydrogen-bond donors (Lipinski definition) is 0. The molecule has 0 amide bonds. The maximum Gasteiger partial charge on any atom is 0.147 e. The quantitative estimate of drug-likeness (QED) is 0.161. The summed E-state index contributed by atoms with van der Waals surface area (Å²) in [5.74, 6) is 0. The van der Waals surface area contributed by atoms with Crippen molar-refractivity contribution in [3.8, 4) is 66.8 Å². The number of hydrogen-bond acceptors (Lipinski definition) is 4. The maximum absolute atomic E-state index is 5.21. The first-order valence-electron chi connectivity index (χ1n) is 44.4. The second-order valence-corrected chi connectivity index (χ2v) is 36.2. The van der Waals surface area contributed by atoms with E-state index < -0.39 is 0 Å². The predicted octanol–water partition coefficient (Wildman–Crippen LogP) is 33.2. The molecule has 0 unspecified atom stereocenters. The van der Waals surface area contributed by atoms with Gasteiger partial charge in [0.25, 0.3) is 0 Å². The minimum absolute atomic E-state index is 0.0383. The van der Waals surface area contributed by atoms with Crippen molar-refractivity contribution in [2.45, 2.75) is 19.3 Å². The lowest BCUT2D eigenvalue weighted by molar-refractivity contribution is 0.660. The van der Waals surface area contributed by atoms with Crippen LogP contribution >= 0.6 is 11.3 Å². The van der Waals surface area contributed by atoms with Crippen LogP contribution in [0.3, 0.4) is 0 Å². The Morgan fingerprint density at radius 3 is 1.05 bits per heavy atom. The molecule has 0 saturated heterocycles. The Morgan fingerprint density at radius 1 is 0.202 bits per heavy atom. The van der Waals surface area contributed by atoms with Crippen LogP contribution in [0, 0.1) is 0 Å². The normalized spacial score (nSPS) is 12.6. The van der Waals surface area contributed by atoms with Crippen molar-refractivity contribution < 1.29 is 0 Å². The van der Waals surface area contributed by atoms with Crippen molar-refractivity contribution in [1.29, 1.82) is 0 Å². The minimum Gasteiger partial charge on any atom is -0.292 e. The van der Waals surface area contributed by atoms with Gasteiger partial charge in [0.2, 0.25) is 0 Å². The second kappa shape index (κ2) is 28.3. The van der Waals surface area contributed by atoms with Crippen molar-refractivity contribution in [3.63, 3.8) is 0 Å². The van der Waals surface area contributed by atoms with Crippen LogP contribution < -0.4 is 0 Å². The zero-order valence-electron chi connectivity index (χ0n) is 70.5. The Hall–Kier alpha value is -16.5. The fourth-order valence-electron chi connectivity index (χ4n) is 21.9. The summed E-state index contributed by atoms with van der Waals surface area (Å²) in [6, 6.07) is 155. The lowest BCUT2D eigenvalue weighted by Crippen LogP contribution is -2.14. The highest BCUT2D eigenvalue weighted by atomic mass is 32.1. The molecule has 0 radical (unpaired) electrons. The van der Waals surface area contributed by atoms with Gasteiger partial charge in [-0.15, -0.1) is 11.3 Å². The van der Waals surface area contributed by atoms with Crippen LogP contribution in [0.15, 0.2) is 425 Å². The third kappa shape index (κ3) is 11.1. The van der Waals surface area contributed by atoms with E-state index in [1.165, 1.54) is 217 Å². The van der Waals surface area contributed by atoms with Crippen LogP contribution in [0.5, 0.6) is 0 Å². The van der Waals surface area contributed by atoms with Gasteiger partial charge in [-0.25, -0.2) is 15.0 Å². The summed E-state index contributed by atoms with van der Waals surface area (Å²) < 4.78 is 9.69. The Bertz CT molecular complexity index is 9720. The molecule has 7 heterocycles. The van der Waals surface area contributed by atoms with Crippen molar-refractivity contribution in [2.75, 3.05) is 0 Å². The topological polar surface area (TPSA) is 51.9 Å². The van der Waals surface area contributed by atoms with E-state index in [1.807, 2.05) is 11.3 Å². The number of aromatic nitrogens is 6. The smallest absolute Gasteiger partial charge is 0.147 e. The largest absolute Gasteiger partial charge is 0.292 e. The van der Waals surface area contributed by atoms with E-state index in [-0.39, 0.29) is 5.41 Å². The van der Waals surface area contributed by atoms with Crippen LogP contribution in [-0.4, -0.2) is 28.2 Å². The van der Waals surface area contributed by atoms with Gasteiger partial charge in [0.15, 0.2) is 0 Å². The molecule has 29 rings (SSSR count). The van der Waals surface area contributed by atoms with Crippen molar-refractivity contribution in [2.24, 2.45) is 0 Å². The van der Waals surface area contributed by atoms with Crippen molar-refractivity contribution in [1.82, 2.24) is 28.2 Å². The molecule has 0 saturated carbocycles. The number of benzene rings is 21. The molecular weight excluding hydrogens is 1580 g/mol. The predicted molar refractivity (Wildman–Crippen MR) is 548 cm³/mol. The molecule has 0 atom stereocenters. The number of rotatable bonds is 5. The first-order valence-corrected chi connectivity index (χ1v) is 45.3. The van der Waals surface area contributed by atoms with E-state index in [4.69, 9.17) is 15.0 Å². The molecule has 21 aromatic carbocycles. The maximum atomic E-state index is 5.21. The monoisotopic (exact) mass is 1660 g/mol. The number of fused-ring (bicyclic) bond motifs is 38. The van der Waals surface area contributed by atoms with Crippen LogP contribution in [-0.2, 0) is 5.41 Å². The van der Waals surface area contributed by atoms with Gasteiger partial charge in [0.05, 0.1) is 49.7 Å². The molecule has 7 heteroatoms. The summed E-state index contributed by atoms with van der Waals surface area (Å²) in [6.45, 7) is 4.71. The number of para-hydroxylation sites is 9. The van der Waals surface area contributed by atoms with Gasteiger partial charge in [-0.1, -0.05) is 329 Å². The summed E-state index contributed by atoms with van der Waals surface area (Å²) in [5.41, 5.74) is 31.0. The minimum atomic E-state index is -0.0383. The molecule has 0 fully saturated rings. The zero-order valence-corrected chi connectivity index (χ0v) is 71.3. The molecule has 0 N–H and O–H groups in total. The van der Waals surface area contributed by atoms with E-state index in [0.29, 0.717) is 0 Å². The SMILES string of the molecule is CC1(C)c2ccccc2-c2ccc(-c3cc4c5ccccc5n5c6ccccc6nc5c4c4ccccc34)cc21.c1cc(-c2cc3c4ccccc4n4c5ccccc5nc4c3c3ccccc23)cc(-c2cccc3c2sc2ccccc23)c1.c1ccc2cc(-c3ccc4cc(-c5cc6c7ccccc7n7c8ccccc8nc7c6c6ccccc56)ccc4c3)ccc2c1. The highest BCUT2D eigenvalue weighted by Gasteiger charge is 2.36. The molecular formula is C122H76N6S. The lowest BCUT2D eigenvalue weighted by atomic mass is 9.81. The molecule has 0 aliphatic heterocycles. The summed E-state index contributed by atoms with van der Waals surface area (Å²) in [4.78, 5) is 15.6. The zero-order chi connectivity index (χ0) is 84.8. The third-order valence-corrected chi connectivity index (χ3v) is 29.0. The third-order valence-electron chi connectivity index (χ3n) is 27.8. The van der Waals surface area contributed by atoms with Gasteiger partial charge in [-0.3, -0.25) is 13.2 Å². The average molecular weight is 1660 g/mol. The molecule has 0 bridgehead atoms. The van der Waals surface area contributed by atoms with Crippen LogP contribution in [0.2, 0.25) is 0 Å². The fourth-order valence-corrected chi connectivity index (χ4v) is 23.1. The molecule has 28 aromatic rings. The fraction of sp³-hybridized carbons (Fsp3) is 0.0246. The summed E-state index contributed by atoms with van der Waals surface area (Å²) in [7, 11) is 0. The van der Waals surface area contributed by atoms with Crippen molar-refractivity contribution in [3.05, 3.63) is 436 Å². The molecule has 1 aliphatic carbocycles. The molecule has 7 aromatic heterocycles. The summed E-state index contributed by atoms with van der Waals surface area (Å²) >= 11 is 1.88. The number of pyridine rings is 3. The number of nitrogens with zero attached hydrogens (tertiary/aromatic N) is 6. The second-order valence-electron chi connectivity index (χ2n) is 35.1. The number of imidazole rings is 3. The van der Waals surface area contributed by atoms with Gasteiger partial charge in [0, 0.05) is 57.9 Å². The van der Waals surface area contributed by atoms with Gasteiger partial charge in [-0.05, 0) is 257 Å². The van der Waals surface area contributed by atoms with Gasteiger partial charge < -0.3 is 0 Å². The average Bonchev–Trinajstić information content (AvgIpc) is 1.63. The highest BCUT2D eigenvalue weighted by Crippen LogP contribution is 2.53. The van der Waals surface area contributed by atoms with E-state index in [2.05, 4.69) is 452 Å². The summed E-state index contributed by atoms with van der Waals surface area (Å²) in [6.07, 6.45) is 0. The highest BCUT2D eigenvalue weighted by molar-refractivity contribution is 7.26. The van der Waals surface area contributed by atoms with E-state index in [0.717, 1.165) is 50.0 Å². The standard InChI is InChI=1S/C43H26N2.C41H24N2S.C38H26N2/c1-2-10-28-23-29(18-17-27(28)9-1)30-19-20-32-25-33(22-21-31(32)24-30)37-26-38-35-12-5-7-15-40(35)45-41-16-8-6-14-39(41)44-43(45)42(38)36-13-4-3-11-34(36)37;1-2-16-31-28(13-1)33(24-34-29-14-3-6-20-36(29)43-37-21-7-5-19-35(37)42-41(43)39(31)34)26-12-9-11-25(23-26)27-17-10-18-32-30-15-4-8-22-38(30)44-40(27)32;1-38(2)31-15-7-5-12-25(31)26-20-19-23(21-32(26)38)29-22-30-27-13-6-9-17-34(27)40-35-18-10-8-16-33(35)39-37(40)36(30)28-14-4-3-11-24(28)29/h1-26H;1-24H;3-22H,1-2H3. The van der Waals surface area contributed by atoms with Crippen LogP contribution in [0.1, 0.15) is 25.0 Å². The Labute approximate surface area is 745 Å². The molecule has 0 spiro atoms. The Morgan fingerprint density at radius 2 is 0.535 bits per heavy atom.